The monoisotopic (exact) mass is 292 g/mol. The molecule has 0 unspecified atom stereocenters. The fourth-order valence-electron chi connectivity index (χ4n) is 1.39. The number of benzene rings is 2. The predicted octanol–water partition coefficient (Wildman–Crippen LogP) is 1.67. The molecule has 2 aromatic rings. The number of para-hydroxylation sites is 1. The molecule has 104 valence electrons. The van der Waals surface area contributed by atoms with E-state index in [1.165, 1.54) is 12.1 Å². The second-order valence-corrected chi connectivity index (χ2v) is 5.43. The molecule has 1 amide bonds. The lowest BCUT2D eigenvalue weighted by Crippen LogP contribution is -2.42. The number of hydrogen-bond donors (Lipinski definition) is 2. The van der Waals surface area contributed by atoms with Gasteiger partial charge in [-0.2, -0.15) is 0 Å². The summed E-state index contributed by atoms with van der Waals surface area (Å²) < 4.78 is 28.5. The molecule has 7 heteroatoms. The fourth-order valence-corrected chi connectivity index (χ4v) is 2.24. The Hall–Kier alpha value is -2.38. The van der Waals surface area contributed by atoms with Crippen LogP contribution in [0.25, 0.3) is 0 Å². The van der Waals surface area contributed by atoms with Crippen LogP contribution in [0.2, 0.25) is 0 Å². The molecule has 0 aromatic heterocycles. The van der Waals surface area contributed by atoms with E-state index in [4.69, 9.17) is 4.74 Å². The van der Waals surface area contributed by atoms with Gasteiger partial charge < -0.3 is 4.74 Å². The highest BCUT2D eigenvalue weighted by molar-refractivity contribution is 7.89. The smallest absolute Gasteiger partial charge is 0.409 e. The summed E-state index contributed by atoms with van der Waals surface area (Å²) in [4.78, 5) is 13.4. The van der Waals surface area contributed by atoms with Crippen molar-refractivity contribution in [2.24, 2.45) is 0 Å². The molecule has 0 fully saturated rings. The largest absolute Gasteiger partial charge is 0.427 e. The van der Waals surface area contributed by atoms with Crippen LogP contribution in [-0.4, -0.2) is 14.5 Å². The van der Waals surface area contributed by atoms with Crippen molar-refractivity contribution >= 4 is 16.1 Å². The first-order chi connectivity index (χ1) is 9.58. The molecule has 0 aliphatic heterocycles. The summed E-state index contributed by atoms with van der Waals surface area (Å²) in [7, 11) is -3.81. The normalized spacial score (nSPS) is 10.8. The predicted molar refractivity (Wildman–Crippen MR) is 72.4 cm³/mol. The van der Waals surface area contributed by atoms with Crippen molar-refractivity contribution in [1.82, 2.24) is 10.3 Å². The van der Waals surface area contributed by atoms with Crippen molar-refractivity contribution in [2.75, 3.05) is 0 Å². The standard InChI is InChI=1S/C13H12N2O4S/c16-13(19-11-7-3-1-4-8-11)14-15-20(17,18)12-9-5-2-6-10-12/h1-10,15H,(H,14,16). The van der Waals surface area contributed by atoms with E-state index in [1.807, 2.05) is 10.3 Å². The first-order valence-electron chi connectivity index (χ1n) is 5.68. The number of nitrogens with one attached hydrogen (secondary N) is 2. The molecule has 6 nitrogen and oxygen atoms in total. The maximum atomic E-state index is 11.8. The Morgan fingerprint density at radius 3 is 2.05 bits per heavy atom. The van der Waals surface area contributed by atoms with Gasteiger partial charge in [-0.15, -0.1) is 4.83 Å². The van der Waals surface area contributed by atoms with Crippen LogP contribution in [0.4, 0.5) is 4.79 Å². The molecular formula is C13H12N2O4S. The molecule has 2 aromatic carbocycles. The molecular weight excluding hydrogens is 280 g/mol. The molecule has 0 saturated heterocycles. The molecule has 2 N–H and O–H groups in total. The number of carbonyl (C=O) groups excluding carboxylic acids is 1. The van der Waals surface area contributed by atoms with Crippen LogP contribution >= 0.6 is 0 Å². The Bertz CT molecular complexity index is 672. The molecule has 0 aliphatic rings. The van der Waals surface area contributed by atoms with Gasteiger partial charge in [-0.3, -0.25) is 0 Å². The SMILES string of the molecule is O=C(NNS(=O)(=O)c1ccccc1)Oc1ccccc1. The Balaban J connectivity index is 1.94. The van der Waals surface area contributed by atoms with Crippen LogP contribution in [0.5, 0.6) is 5.75 Å². The minimum atomic E-state index is -3.81. The molecule has 0 radical (unpaired) electrons. The molecule has 0 atom stereocenters. The highest BCUT2D eigenvalue weighted by Gasteiger charge is 2.14. The summed E-state index contributed by atoms with van der Waals surface area (Å²) in [5.74, 6) is 0.309. The topological polar surface area (TPSA) is 84.5 Å². The third-order valence-corrected chi connectivity index (χ3v) is 3.56. The quantitative estimate of drug-likeness (QED) is 0.839. The summed E-state index contributed by atoms with van der Waals surface area (Å²) in [6.07, 6.45) is -0.921. The molecule has 0 saturated carbocycles. The maximum Gasteiger partial charge on any atom is 0.427 e. The number of amides is 1. The van der Waals surface area contributed by atoms with Crippen molar-refractivity contribution in [2.45, 2.75) is 4.90 Å². The summed E-state index contributed by atoms with van der Waals surface area (Å²) in [6, 6.07) is 16.0. The molecule has 0 heterocycles. The van der Waals surface area contributed by atoms with Gasteiger partial charge in [0.25, 0.3) is 10.0 Å². The average Bonchev–Trinajstić information content (AvgIpc) is 2.47. The van der Waals surface area contributed by atoms with Crippen LogP contribution in [-0.2, 0) is 10.0 Å². The second kappa shape index (κ2) is 6.18. The van der Waals surface area contributed by atoms with Crippen molar-refractivity contribution in [3.05, 3.63) is 60.7 Å². The van der Waals surface area contributed by atoms with Crippen molar-refractivity contribution in [3.8, 4) is 5.75 Å². The number of hydrogen-bond acceptors (Lipinski definition) is 4. The van der Waals surface area contributed by atoms with E-state index in [0.717, 1.165) is 0 Å². The van der Waals surface area contributed by atoms with E-state index in [-0.39, 0.29) is 4.90 Å². The van der Waals surface area contributed by atoms with Gasteiger partial charge in [-0.25, -0.2) is 18.6 Å². The van der Waals surface area contributed by atoms with E-state index in [0.29, 0.717) is 5.75 Å². The molecule has 0 bridgehead atoms. The van der Waals surface area contributed by atoms with Crippen LogP contribution in [0.1, 0.15) is 0 Å². The van der Waals surface area contributed by atoms with E-state index in [1.54, 1.807) is 48.5 Å². The van der Waals surface area contributed by atoms with Crippen molar-refractivity contribution in [3.63, 3.8) is 0 Å². The molecule has 20 heavy (non-hydrogen) atoms. The maximum absolute atomic E-state index is 11.8. The Kier molecular flexibility index (Phi) is 4.34. The van der Waals surface area contributed by atoms with Crippen LogP contribution in [0, 0.1) is 0 Å². The minimum absolute atomic E-state index is 0.0417. The lowest BCUT2D eigenvalue weighted by atomic mass is 10.3. The zero-order valence-electron chi connectivity index (χ0n) is 10.3. The highest BCUT2D eigenvalue weighted by atomic mass is 32.2. The van der Waals surface area contributed by atoms with Crippen LogP contribution in [0.3, 0.4) is 0 Å². The third-order valence-electron chi connectivity index (χ3n) is 2.29. The molecule has 0 aliphatic carbocycles. The lowest BCUT2D eigenvalue weighted by molar-refractivity contribution is 0.198. The van der Waals surface area contributed by atoms with Gasteiger partial charge in [-0.05, 0) is 24.3 Å². The van der Waals surface area contributed by atoms with E-state index < -0.39 is 16.1 Å². The summed E-state index contributed by atoms with van der Waals surface area (Å²) in [6.45, 7) is 0. The zero-order chi connectivity index (χ0) is 14.4. The first-order valence-corrected chi connectivity index (χ1v) is 7.16. The minimum Gasteiger partial charge on any atom is -0.409 e. The number of sulfonamides is 1. The van der Waals surface area contributed by atoms with Gasteiger partial charge in [0.2, 0.25) is 0 Å². The van der Waals surface area contributed by atoms with Crippen molar-refractivity contribution < 1.29 is 17.9 Å². The number of ether oxygens (including phenoxy) is 1. The van der Waals surface area contributed by atoms with Gasteiger partial charge in [0.1, 0.15) is 5.75 Å². The number of hydrazine groups is 1. The number of rotatable bonds is 4. The Labute approximate surface area is 116 Å². The zero-order valence-corrected chi connectivity index (χ0v) is 11.1. The van der Waals surface area contributed by atoms with Gasteiger partial charge in [0.05, 0.1) is 4.90 Å². The van der Waals surface area contributed by atoms with Gasteiger partial charge >= 0.3 is 6.09 Å². The van der Waals surface area contributed by atoms with E-state index in [2.05, 4.69) is 0 Å². The summed E-state index contributed by atoms with van der Waals surface area (Å²) in [5, 5.41) is 0. The highest BCUT2D eigenvalue weighted by Crippen LogP contribution is 2.08. The van der Waals surface area contributed by atoms with Crippen LogP contribution in [0.15, 0.2) is 65.6 Å². The lowest BCUT2D eigenvalue weighted by Gasteiger charge is -2.08. The van der Waals surface area contributed by atoms with Crippen LogP contribution < -0.4 is 15.0 Å². The third kappa shape index (κ3) is 3.81. The van der Waals surface area contributed by atoms with Crippen molar-refractivity contribution in [1.29, 1.82) is 0 Å². The van der Waals surface area contributed by atoms with E-state index >= 15 is 0 Å². The first kappa shape index (κ1) is 14.0. The molecule has 2 rings (SSSR count). The average molecular weight is 292 g/mol. The fraction of sp³-hybridized carbons (Fsp3) is 0. The van der Waals surface area contributed by atoms with Gasteiger partial charge in [0.15, 0.2) is 0 Å². The number of carbonyl (C=O) groups is 1. The Morgan fingerprint density at radius 1 is 0.900 bits per heavy atom. The van der Waals surface area contributed by atoms with Gasteiger partial charge in [0, 0.05) is 0 Å². The second-order valence-electron chi connectivity index (χ2n) is 3.75. The Morgan fingerprint density at radius 2 is 1.45 bits per heavy atom. The van der Waals surface area contributed by atoms with E-state index in [9.17, 15) is 13.2 Å². The summed E-state index contributed by atoms with van der Waals surface area (Å²) in [5.41, 5.74) is 1.97. The van der Waals surface area contributed by atoms with Gasteiger partial charge in [-0.1, -0.05) is 36.4 Å². The molecule has 0 spiro atoms. The summed E-state index contributed by atoms with van der Waals surface area (Å²) >= 11 is 0.